The number of hydrogen-bond acceptors (Lipinski definition) is 6. The van der Waals surface area contributed by atoms with E-state index in [-0.39, 0.29) is 30.8 Å². The predicted molar refractivity (Wildman–Crippen MR) is 112 cm³/mol. The number of benzene rings is 1. The SMILES string of the molecule is CC(=O)OC1(NC(=O)OC(C)(C)C)CCN(S(=O)(=O)c2ccc(C(C)C)cc2)CC1. The lowest BCUT2D eigenvalue weighted by Crippen LogP contribution is -2.58. The Balaban J connectivity index is 2.14. The third-order valence-corrected chi connectivity index (χ3v) is 6.70. The Morgan fingerprint density at radius 3 is 2.07 bits per heavy atom. The molecule has 30 heavy (non-hydrogen) atoms. The van der Waals surface area contributed by atoms with Crippen molar-refractivity contribution in [3.05, 3.63) is 29.8 Å². The van der Waals surface area contributed by atoms with Gasteiger partial charge in [-0.05, 0) is 44.4 Å². The van der Waals surface area contributed by atoms with Crippen LogP contribution in [0, 0.1) is 0 Å². The number of rotatable bonds is 5. The topological polar surface area (TPSA) is 102 Å². The predicted octanol–water partition coefficient (Wildman–Crippen LogP) is 3.38. The number of carbonyl (C=O) groups is 2. The molecule has 1 fully saturated rings. The minimum Gasteiger partial charge on any atom is -0.444 e. The Kier molecular flexibility index (Phi) is 7.19. The second-order valence-corrected chi connectivity index (χ2v) is 10.8. The quantitative estimate of drug-likeness (QED) is 0.556. The molecule has 1 N–H and O–H groups in total. The van der Waals surface area contributed by atoms with E-state index >= 15 is 0 Å². The highest BCUT2D eigenvalue weighted by Crippen LogP contribution is 2.29. The summed E-state index contributed by atoms with van der Waals surface area (Å²) in [5.41, 5.74) is -0.960. The lowest BCUT2D eigenvalue weighted by molar-refractivity contribution is -0.164. The first-order chi connectivity index (χ1) is 13.7. The molecule has 168 valence electrons. The van der Waals surface area contributed by atoms with Gasteiger partial charge in [0.15, 0.2) is 5.72 Å². The standard InChI is InChI=1S/C21H32N2O6S/c1-15(2)17-7-9-18(10-8-17)30(26,27)23-13-11-21(12-14-23,28-16(3)24)22-19(25)29-20(4,5)6/h7-10,15H,11-14H2,1-6H3,(H,22,25). The first-order valence-corrected chi connectivity index (χ1v) is 11.5. The van der Waals surface area contributed by atoms with Gasteiger partial charge in [0, 0.05) is 32.9 Å². The minimum absolute atomic E-state index is 0.0946. The van der Waals surface area contributed by atoms with E-state index in [0.29, 0.717) is 5.92 Å². The molecule has 0 atom stereocenters. The summed E-state index contributed by atoms with van der Waals surface area (Å²) in [7, 11) is -3.69. The summed E-state index contributed by atoms with van der Waals surface area (Å²) in [5, 5.41) is 2.63. The molecule has 0 spiro atoms. The van der Waals surface area contributed by atoms with Crippen molar-refractivity contribution in [1.82, 2.24) is 9.62 Å². The number of amides is 1. The molecule has 0 bridgehead atoms. The van der Waals surface area contributed by atoms with Gasteiger partial charge in [-0.3, -0.25) is 10.1 Å². The molecule has 0 aliphatic carbocycles. The number of nitrogens with zero attached hydrogens (tertiary/aromatic N) is 1. The van der Waals surface area contributed by atoms with Crippen molar-refractivity contribution in [3.8, 4) is 0 Å². The van der Waals surface area contributed by atoms with Crippen LogP contribution in [0.5, 0.6) is 0 Å². The molecule has 0 unspecified atom stereocenters. The number of alkyl carbamates (subject to hydrolysis) is 1. The minimum atomic E-state index is -3.69. The molecular formula is C21H32N2O6S. The first kappa shape index (κ1) is 24.1. The van der Waals surface area contributed by atoms with Crippen LogP contribution in [0.3, 0.4) is 0 Å². The number of hydrogen-bond donors (Lipinski definition) is 1. The summed E-state index contributed by atoms with van der Waals surface area (Å²) in [6.07, 6.45) is -0.478. The molecule has 1 amide bonds. The number of piperidine rings is 1. The van der Waals surface area contributed by atoms with Crippen LogP contribution in [0.4, 0.5) is 4.79 Å². The van der Waals surface area contributed by atoms with Crippen LogP contribution in [0.2, 0.25) is 0 Å². The molecule has 1 aliphatic rings. The van der Waals surface area contributed by atoms with Gasteiger partial charge in [0.2, 0.25) is 10.0 Å². The molecule has 2 rings (SSSR count). The van der Waals surface area contributed by atoms with Crippen LogP contribution in [0.15, 0.2) is 29.2 Å². The molecular weight excluding hydrogens is 408 g/mol. The van der Waals surface area contributed by atoms with E-state index in [9.17, 15) is 18.0 Å². The normalized spacial score (nSPS) is 17.4. The van der Waals surface area contributed by atoms with E-state index in [1.54, 1.807) is 32.9 Å². The van der Waals surface area contributed by atoms with Crippen LogP contribution in [0.25, 0.3) is 0 Å². The van der Waals surface area contributed by atoms with Gasteiger partial charge in [0.1, 0.15) is 5.60 Å². The summed E-state index contributed by atoms with van der Waals surface area (Å²) >= 11 is 0. The van der Waals surface area contributed by atoms with E-state index in [2.05, 4.69) is 5.32 Å². The van der Waals surface area contributed by atoms with Crippen LogP contribution in [0.1, 0.15) is 65.9 Å². The molecule has 1 heterocycles. The third kappa shape index (κ3) is 6.18. The number of ether oxygens (including phenoxy) is 2. The molecule has 1 aromatic rings. The Hall–Kier alpha value is -2.13. The molecule has 0 aromatic heterocycles. The Morgan fingerprint density at radius 2 is 1.63 bits per heavy atom. The summed E-state index contributed by atoms with van der Waals surface area (Å²) in [6.45, 7) is 10.7. The van der Waals surface area contributed by atoms with Crippen molar-refractivity contribution in [3.63, 3.8) is 0 Å². The monoisotopic (exact) mass is 440 g/mol. The van der Waals surface area contributed by atoms with Crippen molar-refractivity contribution in [1.29, 1.82) is 0 Å². The first-order valence-electron chi connectivity index (χ1n) is 10.0. The zero-order valence-corrected chi connectivity index (χ0v) is 19.3. The van der Waals surface area contributed by atoms with Crippen LogP contribution in [-0.2, 0) is 24.3 Å². The van der Waals surface area contributed by atoms with Gasteiger partial charge in [-0.15, -0.1) is 0 Å². The van der Waals surface area contributed by atoms with Gasteiger partial charge >= 0.3 is 12.1 Å². The Bertz CT molecular complexity index is 864. The van der Waals surface area contributed by atoms with E-state index in [1.807, 2.05) is 26.0 Å². The van der Waals surface area contributed by atoms with Crippen LogP contribution < -0.4 is 5.32 Å². The van der Waals surface area contributed by atoms with Gasteiger partial charge in [0.25, 0.3) is 0 Å². The lowest BCUT2D eigenvalue weighted by atomic mass is 10.0. The maximum Gasteiger partial charge on any atom is 0.410 e. The molecule has 1 saturated heterocycles. The van der Waals surface area contributed by atoms with E-state index in [4.69, 9.17) is 9.47 Å². The maximum atomic E-state index is 13.0. The molecule has 1 aliphatic heterocycles. The van der Waals surface area contributed by atoms with Gasteiger partial charge in [-0.2, -0.15) is 4.31 Å². The van der Waals surface area contributed by atoms with Crippen molar-refractivity contribution >= 4 is 22.1 Å². The highest BCUT2D eigenvalue weighted by atomic mass is 32.2. The lowest BCUT2D eigenvalue weighted by Gasteiger charge is -2.40. The second-order valence-electron chi connectivity index (χ2n) is 8.84. The fraction of sp³-hybridized carbons (Fsp3) is 0.619. The highest BCUT2D eigenvalue weighted by Gasteiger charge is 2.43. The fourth-order valence-corrected chi connectivity index (χ4v) is 4.72. The largest absolute Gasteiger partial charge is 0.444 e. The zero-order valence-electron chi connectivity index (χ0n) is 18.5. The summed E-state index contributed by atoms with van der Waals surface area (Å²) in [5.74, 6) is -0.258. The highest BCUT2D eigenvalue weighted by molar-refractivity contribution is 7.89. The van der Waals surface area contributed by atoms with Crippen molar-refractivity contribution in [2.75, 3.05) is 13.1 Å². The zero-order chi connectivity index (χ0) is 22.7. The van der Waals surface area contributed by atoms with Crippen LogP contribution in [-0.4, -0.2) is 49.2 Å². The average Bonchev–Trinajstić information content (AvgIpc) is 2.59. The number of sulfonamides is 1. The summed E-state index contributed by atoms with van der Waals surface area (Å²) < 4.78 is 38.0. The van der Waals surface area contributed by atoms with Gasteiger partial charge < -0.3 is 9.47 Å². The van der Waals surface area contributed by atoms with E-state index in [1.165, 1.54) is 11.2 Å². The summed E-state index contributed by atoms with van der Waals surface area (Å²) in [4.78, 5) is 24.1. The van der Waals surface area contributed by atoms with Crippen LogP contribution >= 0.6 is 0 Å². The molecule has 0 saturated carbocycles. The summed E-state index contributed by atoms with van der Waals surface area (Å²) in [6, 6.07) is 6.85. The van der Waals surface area contributed by atoms with E-state index in [0.717, 1.165) is 5.56 Å². The molecule has 1 aromatic carbocycles. The van der Waals surface area contributed by atoms with Gasteiger partial charge in [0.05, 0.1) is 4.90 Å². The fourth-order valence-electron chi connectivity index (χ4n) is 3.28. The molecule has 8 nitrogen and oxygen atoms in total. The van der Waals surface area contributed by atoms with Crippen molar-refractivity contribution < 1.29 is 27.5 Å². The maximum absolute atomic E-state index is 13.0. The van der Waals surface area contributed by atoms with Gasteiger partial charge in [-0.25, -0.2) is 13.2 Å². The van der Waals surface area contributed by atoms with Crippen molar-refractivity contribution in [2.45, 2.75) is 76.5 Å². The molecule has 0 radical (unpaired) electrons. The Morgan fingerprint density at radius 1 is 1.10 bits per heavy atom. The second kappa shape index (κ2) is 8.93. The van der Waals surface area contributed by atoms with E-state index < -0.39 is 33.4 Å². The van der Waals surface area contributed by atoms with Crippen molar-refractivity contribution in [2.24, 2.45) is 0 Å². The number of carbonyl (C=O) groups excluding carboxylic acids is 2. The smallest absolute Gasteiger partial charge is 0.410 e. The Labute approximate surface area is 179 Å². The number of esters is 1. The van der Waals surface area contributed by atoms with Gasteiger partial charge in [-0.1, -0.05) is 26.0 Å². The number of nitrogens with one attached hydrogen (secondary N) is 1. The molecule has 9 heteroatoms. The average molecular weight is 441 g/mol. The third-order valence-electron chi connectivity index (χ3n) is 4.78.